The second kappa shape index (κ2) is 10.2. The monoisotopic (exact) mass is 340 g/mol. The normalized spacial score (nSPS) is 10.8. The highest BCUT2D eigenvalue weighted by Gasteiger charge is 2.02. The van der Waals surface area contributed by atoms with Crippen molar-refractivity contribution in [2.45, 2.75) is 26.2 Å². The summed E-state index contributed by atoms with van der Waals surface area (Å²) in [5.74, 6) is 0.763. The van der Waals surface area contributed by atoms with Gasteiger partial charge < -0.3 is 14.6 Å². The molecule has 2 rings (SSSR count). The molecular weight excluding hydrogens is 316 g/mol. The first-order valence-corrected chi connectivity index (χ1v) is 8.53. The molecule has 4 heteroatoms. The Hall–Kier alpha value is -2.75. The molecule has 0 aliphatic carbocycles. The molecular formula is C21H24O4. The van der Waals surface area contributed by atoms with Crippen LogP contribution in [0.15, 0.2) is 54.6 Å². The topological polar surface area (TPSA) is 55.8 Å². The van der Waals surface area contributed by atoms with Crippen LogP contribution in [0.2, 0.25) is 0 Å². The minimum absolute atomic E-state index is 0.570. The maximum absolute atomic E-state index is 10.5. The van der Waals surface area contributed by atoms with Crippen LogP contribution >= 0.6 is 0 Å². The van der Waals surface area contributed by atoms with E-state index in [4.69, 9.17) is 14.6 Å². The van der Waals surface area contributed by atoms with Gasteiger partial charge in [-0.15, -0.1) is 0 Å². The molecule has 132 valence electrons. The molecule has 25 heavy (non-hydrogen) atoms. The molecule has 2 aromatic rings. The molecule has 1 N–H and O–H groups in total. The number of aliphatic carboxylic acids is 1. The van der Waals surface area contributed by atoms with E-state index in [1.165, 1.54) is 5.56 Å². The van der Waals surface area contributed by atoms with Gasteiger partial charge in [0.2, 0.25) is 0 Å². The molecule has 0 bridgehead atoms. The fourth-order valence-corrected chi connectivity index (χ4v) is 2.39. The predicted octanol–water partition coefficient (Wildman–Crippen LogP) is 4.58. The van der Waals surface area contributed by atoms with E-state index in [2.05, 4.69) is 13.0 Å². The number of aryl methyl sites for hydroxylation is 1. The maximum Gasteiger partial charge on any atom is 0.328 e. The maximum atomic E-state index is 10.5. The summed E-state index contributed by atoms with van der Waals surface area (Å²) in [6.45, 7) is 3.34. The van der Waals surface area contributed by atoms with Crippen LogP contribution in [0.25, 0.3) is 6.08 Å². The zero-order valence-corrected chi connectivity index (χ0v) is 14.5. The second-order valence-corrected chi connectivity index (χ2v) is 5.65. The molecule has 0 spiro atoms. The molecule has 4 nitrogen and oxygen atoms in total. The lowest BCUT2D eigenvalue weighted by Crippen LogP contribution is -2.06. The smallest absolute Gasteiger partial charge is 0.328 e. The highest BCUT2D eigenvalue weighted by atomic mass is 16.5. The highest BCUT2D eigenvalue weighted by molar-refractivity contribution is 5.85. The van der Waals surface area contributed by atoms with Crippen molar-refractivity contribution in [2.75, 3.05) is 13.2 Å². The summed E-state index contributed by atoms with van der Waals surface area (Å²) in [4.78, 5) is 10.5. The van der Waals surface area contributed by atoms with Crippen molar-refractivity contribution in [3.63, 3.8) is 0 Å². The quantitative estimate of drug-likeness (QED) is 0.508. The van der Waals surface area contributed by atoms with E-state index < -0.39 is 5.97 Å². The molecule has 0 aliphatic heterocycles. The Balaban J connectivity index is 1.72. The number of carboxylic acid groups (broad SMARTS) is 1. The van der Waals surface area contributed by atoms with Crippen LogP contribution in [0.5, 0.6) is 11.5 Å². The summed E-state index contributed by atoms with van der Waals surface area (Å²) < 4.78 is 11.5. The van der Waals surface area contributed by atoms with Gasteiger partial charge in [-0.2, -0.15) is 0 Å². The summed E-state index contributed by atoms with van der Waals surface area (Å²) in [5, 5.41) is 8.60. The van der Waals surface area contributed by atoms with Crippen molar-refractivity contribution in [1.29, 1.82) is 0 Å². The van der Waals surface area contributed by atoms with Crippen LogP contribution in [0.1, 0.15) is 30.9 Å². The van der Waals surface area contributed by atoms with Gasteiger partial charge in [-0.25, -0.2) is 4.79 Å². The van der Waals surface area contributed by atoms with E-state index in [-0.39, 0.29) is 0 Å². The third kappa shape index (κ3) is 6.71. The Kier molecular flexibility index (Phi) is 7.57. The van der Waals surface area contributed by atoms with E-state index >= 15 is 0 Å². The number of carbonyl (C=O) groups is 1. The summed E-state index contributed by atoms with van der Waals surface area (Å²) >= 11 is 0. The van der Waals surface area contributed by atoms with Crippen LogP contribution in [0, 0.1) is 0 Å². The minimum Gasteiger partial charge on any atom is -0.493 e. The van der Waals surface area contributed by atoms with E-state index in [1.54, 1.807) is 6.08 Å². The van der Waals surface area contributed by atoms with Gasteiger partial charge >= 0.3 is 5.97 Å². The molecule has 0 amide bonds. The van der Waals surface area contributed by atoms with Gasteiger partial charge in [0.1, 0.15) is 11.5 Å². The summed E-state index contributed by atoms with van der Waals surface area (Å²) in [7, 11) is 0. The molecule has 0 atom stereocenters. The van der Waals surface area contributed by atoms with Crippen molar-refractivity contribution >= 4 is 12.0 Å². The SMILES string of the molecule is CCCc1ccccc1OCCCOc1ccc(/C=C/C(=O)O)cc1. The van der Waals surface area contributed by atoms with Gasteiger partial charge in [0.05, 0.1) is 13.2 Å². The van der Waals surface area contributed by atoms with Crippen molar-refractivity contribution in [1.82, 2.24) is 0 Å². The zero-order valence-electron chi connectivity index (χ0n) is 14.5. The van der Waals surface area contributed by atoms with Gasteiger partial charge in [-0.05, 0) is 41.8 Å². The lowest BCUT2D eigenvalue weighted by molar-refractivity contribution is -0.131. The Morgan fingerprint density at radius 1 is 1.04 bits per heavy atom. The number of carboxylic acids is 1. The predicted molar refractivity (Wildman–Crippen MR) is 99.2 cm³/mol. The van der Waals surface area contributed by atoms with Crippen LogP contribution in [0.3, 0.4) is 0 Å². The molecule has 0 saturated heterocycles. The first-order valence-electron chi connectivity index (χ1n) is 8.53. The minimum atomic E-state index is -0.958. The van der Waals surface area contributed by atoms with E-state index in [1.807, 2.05) is 42.5 Å². The molecule has 0 aliphatic rings. The molecule has 2 aromatic carbocycles. The largest absolute Gasteiger partial charge is 0.493 e. The Morgan fingerprint density at radius 2 is 1.76 bits per heavy atom. The molecule has 0 fully saturated rings. The highest BCUT2D eigenvalue weighted by Crippen LogP contribution is 2.19. The molecule has 0 aromatic heterocycles. The standard InChI is InChI=1S/C21H24O4/c1-2-6-18-7-3-4-8-20(18)25-16-5-15-24-19-12-9-17(10-13-19)11-14-21(22)23/h3-4,7-14H,2,5-6,15-16H2,1H3,(H,22,23)/b14-11+. The third-order valence-corrected chi connectivity index (χ3v) is 3.61. The van der Waals surface area contributed by atoms with Crippen molar-refractivity contribution < 1.29 is 19.4 Å². The Bertz CT molecular complexity index is 689. The average Bonchev–Trinajstić information content (AvgIpc) is 2.62. The summed E-state index contributed by atoms with van der Waals surface area (Å²) in [6.07, 6.45) is 5.58. The lowest BCUT2D eigenvalue weighted by Gasteiger charge is -2.11. The first-order chi connectivity index (χ1) is 12.2. The third-order valence-electron chi connectivity index (χ3n) is 3.61. The number of benzene rings is 2. The number of rotatable bonds is 10. The Morgan fingerprint density at radius 3 is 2.48 bits per heavy atom. The van der Waals surface area contributed by atoms with Gasteiger partial charge in [-0.1, -0.05) is 43.7 Å². The fourth-order valence-electron chi connectivity index (χ4n) is 2.39. The average molecular weight is 340 g/mol. The van der Waals surface area contributed by atoms with Crippen molar-refractivity contribution in [3.05, 3.63) is 65.7 Å². The van der Waals surface area contributed by atoms with E-state index in [0.29, 0.717) is 13.2 Å². The van der Waals surface area contributed by atoms with Crippen LogP contribution in [-0.4, -0.2) is 24.3 Å². The van der Waals surface area contributed by atoms with Crippen molar-refractivity contribution in [3.8, 4) is 11.5 Å². The van der Waals surface area contributed by atoms with Crippen LogP contribution in [-0.2, 0) is 11.2 Å². The van der Waals surface area contributed by atoms with Gasteiger partial charge in [-0.3, -0.25) is 0 Å². The number of ether oxygens (including phenoxy) is 2. The van der Waals surface area contributed by atoms with Gasteiger partial charge in [0.15, 0.2) is 0 Å². The fraction of sp³-hybridized carbons (Fsp3) is 0.286. The second-order valence-electron chi connectivity index (χ2n) is 5.65. The van der Waals surface area contributed by atoms with Crippen LogP contribution in [0.4, 0.5) is 0 Å². The Labute approximate surface area is 148 Å². The molecule has 0 heterocycles. The zero-order chi connectivity index (χ0) is 17.9. The van der Waals surface area contributed by atoms with E-state index in [0.717, 1.165) is 42.4 Å². The summed E-state index contributed by atoms with van der Waals surface area (Å²) in [5.41, 5.74) is 2.07. The van der Waals surface area contributed by atoms with Crippen LogP contribution < -0.4 is 9.47 Å². The number of hydrogen-bond acceptors (Lipinski definition) is 3. The summed E-state index contributed by atoms with van der Waals surface area (Å²) in [6, 6.07) is 15.5. The number of para-hydroxylation sites is 1. The van der Waals surface area contributed by atoms with Gasteiger partial charge in [0.25, 0.3) is 0 Å². The van der Waals surface area contributed by atoms with Gasteiger partial charge in [0, 0.05) is 12.5 Å². The van der Waals surface area contributed by atoms with E-state index in [9.17, 15) is 4.79 Å². The molecule has 0 radical (unpaired) electrons. The molecule has 0 unspecified atom stereocenters. The number of hydrogen-bond donors (Lipinski definition) is 1. The van der Waals surface area contributed by atoms with Crippen molar-refractivity contribution in [2.24, 2.45) is 0 Å². The first kappa shape index (κ1) is 18.6. The molecule has 0 saturated carbocycles. The lowest BCUT2D eigenvalue weighted by atomic mass is 10.1.